The fraction of sp³-hybridized carbons (Fsp3) is 1.00. The molecule has 1 fully saturated rings. The van der Waals surface area contributed by atoms with Gasteiger partial charge in [0.25, 0.3) is 0 Å². The van der Waals surface area contributed by atoms with Crippen molar-refractivity contribution >= 4 is 11.8 Å². The summed E-state index contributed by atoms with van der Waals surface area (Å²) in [5.41, 5.74) is 0.496. The predicted molar refractivity (Wildman–Crippen MR) is 63.3 cm³/mol. The van der Waals surface area contributed by atoms with Crippen LogP contribution >= 0.6 is 11.8 Å². The molecule has 0 aromatic carbocycles. The Bertz CT molecular complexity index is 162. The predicted octanol–water partition coefficient (Wildman–Crippen LogP) is 4.34. The van der Waals surface area contributed by atoms with Crippen molar-refractivity contribution in [2.24, 2.45) is 11.3 Å². The van der Waals surface area contributed by atoms with Crippen molar-refractivity contribution in [3.8, 4) is 0 Å². The van der Waals surface area contributed by atoms with Crippen LogP contribution in [0.3, 0.4) is 0 Å². The molecule has 1 saturated carbocycles. The molecule has 13 heavy (non-hydrogen) atoms. The largest absolute Gasteiger partial charge is 0.158 e. The molecular weight excluding hydrogens is 176 g/mol. The first-order valence-corrected chi connectivity index (χ1v) is 6.74. The van der Waals surface area contributed by atoms with Crippen molar-refractivity contribution in [3.63, 3.8) is 0 Å². The highest BCUT2D eigenvalue weighted by atomic mass is 32.2. The Morgan fingerprint density at radius 1 is 1.38 bits per heavy atom. The summed E-state index contributed by atoms with van der Waals surface area (Å²) in [6, 6.07) is 0. The van der Waals surface area contributed by atoms with Crippen LogP contribution in [0.1, 0.15) is 53.4 Å². The lowest BCUT2D eigenvalue weighted by molar-refractivity contribution is 0.203. The van der Waals surface area contributed by atoms with Crippen LogP contribution in [0.2, 0.25) is 0 Å². The smallest absolute Gasteiger partial charge is 0.0187 e. The molecule has 0 heterocycles. The van der Waals surface area contributed by atoms with Crippen LogP contribution in [-0.2, 0) is 0 Å². The average Bonchev–Trinajstić information content (AvgIpc) is 2.47. The molecule has 1 rings (SSSR count). The third-order valence-corrected chi connectivity index (χ3v) is 5.37. The summed E-state index contributed by atoms with van der Waals surface area (Å²) in [6.07, 6.45) is 7.96. The van der Waals surface area contributed by atoms with Crippen molar-refractivity contribution in [1.82, 2.24) is 0 Å². The summed E-state index contributed by atoms with van der Waals surface area (Å²) in [4.78, 5) is 0. The number of rotatable bonds is 2. The van der Waals surface area contributed by atoms with Gasteiger partial charge in [-0.15, -0.1) is 0 Å². The summed E-state index contributed by atoms with van der Waals surface area (Å²) >= 11 is 2.11. The molecule has 0 saturated heterocycles. The van der Waals surface area contributed by atoms with E-state index in [0.717, 1.165) is 5.92 Å². The zero-order valence-electron chi connectivity index (χ0n) is 9.81. The molecule has 1 aliphatic rings. The first-order valence-electron chi connectivity index (χ1n) is 5.51. The number of thioether (sulfide) groups is 1. The van der Waals surface area contributed by atoms with E-state index in [2.05, 4.69) is 45.7 Å². The zero-order chi connectivity index (χ0) is 10.1. The maximum absolute atomic E-state index is 2.41. The minimum absolute atomic E-state index is 0.496. The molecule has 78 valence electrons. The minimum atomic E-state index is 0.496. The van der Waals surface area contributed by atoms with Gasteiger partial charge in [-0.05, 0) is 36.9 Å². The Hall–Kier alpha value is 0.350. The fourth-order valence-electron chi connectivity index (χ4n) is 3.08. The molecule has 2 atom stereocenters. The van der Waals surface area contributed by atoms with Crippen LogP contribution in [0.5, 0.6) is 0 Å². The molecule has 0 amide bonds. The zero-order valence-corrected chi connectivity index (χ0v) is 10.6. The Balaban J connectivity index is 2.84. The third-order valence-electron chi connectivity index (χ3n) is 3.78. The number of hydrogen-bond donors (Lipinski definition) is 0. The van der Waals surface area contributed by atoms with E-state index in [1.165, 1.54) is 25.7 Å². The molecule has 0 radical (unpaired) electrons. The van der Waals surface area contributed by atoms with Crippen LogP contribution in [0.4, 0.5) is 0 Å². The Morgan fingerprint density at radius 3 is 2.31 bits per heavy atom. The van der Waals surface area contributed by atoms with E-state index in [0.29, 0.717) is 10.2 Å². The molecule has 1 heteroatoms. The standard InChI is InChI=1S/C12H24S/c1-6-12(13-5)9-7-8-10(12)11(2,3)4/h10H,6-9H2,1-5H3. The van der Waals surface area contributed by atoms with E-state index in [4.69, 9.17) is 0 Å². The molecule has 0 aromatic rings. The van der Waals surface area contributed by atoms with Gasteiger partial charge < -0.3 is 0 Å². The van der Waals surface area contributed by atoms with Gasteiger partial charge >= 0.3 is 0 Å². The fourth-order valence-corrected chi connectivity index (χ4v) is 4.47. The molecule has 1 aliphatic carbocycles. The van der Waals surface area contributed by atoms with E-state index >= 15 is 0 Å². The molecule has 0 bridgehead atoms. The van der Waals surface area contributed by atoms with Crippen LogP contribution in [0.25, 0.3) is 0 Å². The van der Waals surface area contributed by atoms with Crippen molar-refractivity contribution in [1.29, 1.82) is 0 Å². The first kappa shape index (κ1) is 11.4. The van der Waals surface area contributed by atoms with E-state index in [9.17, 15) is 0 Å². The second-order valence-electron chi connectivity index (χ2n) is 5.43. The van der Waals surface area contributed by atoms with Crippen molar-refractivity contribution in [3.05, 3.63) is 0 Å². The van der Waals surface area contributed by atoms with Gasteiger partial charge in [0.15, 0.2) is 0 Å². The quantitative estimate of drug-likeness (QED) is 0.639. The summed E-state index contributed by atoms with van der Waals surface area (Å²) < 4.78 is 0.595. The van der Waals surface area contributed by atoms with Gasteiger partial charge in [-0.2, -0.15) is 11.8 Å². The van der Waals surface area contributed by atoms with Gasteiger partial charge in [-0.1, -0.05) is 34.1 Å². The SMILES string of the molecule is CCC1(SC)CCCC1C(C)(C)C. The van der Waals surface area contributed by atoms with E-state index in [1.807, 2.05) is 0 Å². The highest BCUT2D eigenvalue weighted by Gasteiger charge is 2.46. The van der Waals surface area contributed by atoms with Crippen LogP contribution in [-0.4, -0.2) is 11.0 Å². The van der Waals surface area contributed by atoms with E-state index < -0.39 is 0 Å². The molecule has 0 N–H and O–H groups in total. The topological polar surface area (TPSA) is 0 Å². The summed E-state index contributed by atoms with van der Waals surface area (Å²) in [5, 5.41) is 0. The van der Waals surface area contributed by atoms with Gasteiger partial charge in [-0.3, -0.25) is 0 Å². The van der Waals surface area contributed by atoms with Gasteiger partial charge in [-0.25, -0.2) is 0 Å². The maximum atomic E-state index is 2.41. The molecule has 0 nitrogen and oxygen atoms in total. The van der Waals surface area contributed by atoms with Gasteiger partial charge in [0, 0.05) is 4.75 Å². The highest BCUT2D eigenvalue weighted by Crippen LogP contribution is 2.53. The van der Waals surface area contributed by atoms with Crippen LogP contribution in [0, 0.1) is 11.3 Å². The van der Waals surface area contributed by atoms with E-state index in [1.54, 1.807) is 0 Å². The van der Waals surface area contributed by atoms with Gasteiger partial charge in [0.2, 0.25) is 0 Å². The lowest BCUT2D eigenvalue weighted by Crippen LogP contribution is -2.37. The first-order chi connectivity index (χ1) is 5.96. The second-order valence-corrected chi connectivity index (χ2v) is 6.65. The monoisotopic (exact) mass is 200 g/mol. The summed E-state index contributed by atoms with van der Waals surface area (Å²) in [7, 11) is 0. The average molecular weight is 200 g/mol. The lowest BCUT2D eigenvalue weighted by atomic mass is 9.73. The summed E-state index contributed by atoms with van der Waals surface area (Å²) in [5.74, 6) is 0.917. The van der Waals surface area contributed by atoms with Crippen molar-refractivity contribution in [2.75, 3.05) is 6.26 Å². The van der Waals surface area contributed by atoms with Crippen molar-refractivity contribution < 1.29 is 0 Å². The Kier molecular flexibility index (Phi) is 3.38. The third kappa shape index (κ3) is 2.06. The second kappa shape index (κ2) is 3.84. The summed E-state index contributed by atoms with van der Waals surface area (Å²) in [6.45, 7) is 9.58. The maximum Gasteiger partial charge on any atom is 0.0187 e. The Morgan fingerprint density at radius 2 is 2.00 bits per heavy atom. The van der Waals surface area contributed by atoms with Crippen molar-refractivity contribution in [2.45, 2.75) is 58.1 Å². The minimum Gasteiger partial charge on any atom is -0.158 e. The normalized spacial score (nSPS) is 35.3. The lowest BCUT2D eigenvalue weighted by Gasteiger charge is -2.41. The molecule has 2 unspecified atom stereocenters. The molecule has 0 aromatic heterocycles. The highest BCUT2D eigenvalue weighted by molar-refractivity contribution is 8.00. The van der Waals surface area contributed by atoms with E-state index in [-0.39, 0.29) is 0 Å². The molecule has 0 aliphatic heterocycles. The molecule has 0 spiro atoms. The van der Waals surface area contributed by atoms with Gasteiger partial charge in [0.05, 0.1) is 0 Å². The number of hydrogen-bond acceptors (Lipinski definition) is 1. The van der Waals surface area contributed by atoms with Crippen LogP contribution in [0.15, 0.2) is 0 Å². The molecular formula is C12H24S. The van der Waals surface area contributed by atoms with Gasteiger partial charge in [0.1, 0.15) is 0 Å². The Labute approximate surface area is 87.9 Å². The van der Waals surface area contributed by atoms with Crippen LogP contribution < -0.4 is 0 Å².